The molecule has 3 rings (SSSR count). The maximum absolute atomic E-state index is 13.1. The summed E-state index contributed by atoms with van der Waals surface area (Å²) in [6.07, 6.45) is 20.4. The lowest BCUT2D eigenvalue weighted by atomic mass is 9.79. The Labute approximate surface area is 172 Å². The predicted octanol–water partition coefficient (Wildman–Crippen LogP) is 8.05. The molecule has 2 aliphatic rings. The molecule has 2 aliphatic carbocycles. The number of halogens is 1. The Morgan fingerprint density at radius 3 is 2.32 bits per heavy atom. The molecule has 0 saturated heterocycles. The fourth-order valence-electron chi connectivity index (χ4n) is 5.01. The normalized spacial score (nSPS) is 28.1. The van der Waals surface area contributed by atoms with Crippen LogP contribution >= 0.6 is 0 Å². The third kappa shape index (κ3) is 6.80. The summed E-state index contributed by atoms with van der Waals surface area (Å²) >= 11 is 0. The van der Waals surface area contributed by atoms with E-state index in [2.05, 4.69) is 30.9 Å². The van der Waals surface area contributed by atoms with Gasteiger partial charge < -0.3 is 0 Å². The number of rotatable bonds is 6. The van der Waals surface area contributed by atoms with Crippen molar-refractivity contribution < 1.29 is 4.39 Å². The van der Waals surface area contributed by atoms with Crippen molar-refractivity contribution in [1.29, 1.82) is 0 Å². The molecule has 2 saturated carbocycles. The van der Waals surface area contributed by atoms with E-state index in [-0.39, 0.29) is 5.82 Å². The summed E-state index contributed by atoms with van der Waals surface area (Å²) in [5.74, 6) is 9.55. The van der Waals surface area contributed by atoms with Crippen LogP contribution < -0.4 is 0 Å². The minimum atomic E-state index is -0.139. The van der Waals surface area contributed by atoms with Gasteiger partial charge in [0.1, 0.15) is 5.82 Å². The van der Waals surface area contributed by atoms with Crippen LogP contribution in [0.5, 0.6) is 0 Å². The Balaban J connectivity index is 1.35. The summed E-state index contributed by atoms with van der Waals surface area (Å²) in [6, 6.07) is 7.08. The van der Waals surface area contributed by atoms with Crippen molar-refractivity contribution in [3.05, 3.63) is 47.8 Å². The third-order valence-electron chi connectivity index (χ3n) is 6.92. The van der Waals surface area contributed by atoms with Gasteiger partial charge in [0.05, 0.1) is 0 Å². The molecule has 0 amide bonds. The summed E-state index contributed by atoms with van der Waals surface area (Å²) in [5, 5.41) is 0. The fraction of sp³-hybridized carbons (Fsp3) is 0.630. The lowest BCUT2D eigenvalue weighted by Gasteiger charge is -2.26. The van der Waals surface area contributed by atoms with Crippen LogP contribution in [0.15, 0.2) is 36.4 Å². The average molecular weight is 381 g/mol. The largest absolute Gasteiger partial charge is 0.207 e. The van der Waals surface area contributed by atoms with E-state index in [0.29, 0.717) is 11.8 Å². The Morgan fingerprint density at radius 1 is 0.929 bits per heavy atom. The monoisotopic (exact) mass is 380 g/mol. The van der Waals surface area contributed by atoms with Crippen LogP contribution in [-0.2, 0) is 0 Å². The van der Waals surface area contributed by atoms with Crippen molar-refractivity contribution in [2.75, 3.05) is 0 Å². The molecule has 0 N–H and O–H groups in total. The predicted molar refractivity (Wildman–Crippen MR) is 118 cm³/mol. The zero-order valence-corrected chi connectivity index (χ0v) is 17.6. The van der Waals surface area contributed by atoms with Gasteiger partial charge in [-0.1, -0.05) is 62.7 Å². The SMILES string of the molecule is CCCCCC1CCC(C=CC#CC2CCC(c3ccc(F)cc3)CC2)CC1. The maximum atomic E-state index is 13.1. The highest BCUT2D eigenvalue weighted by molar-refractivity contribution is 5.23. The Kier molecular flexibility index (Phi) is 8.66. The molecule has 0 aromatic heterocycles. The molecule has 2 fully saturated rings. The lowest BCUT2D eigenvalue weighted by molar-refractivity contribution is 0.289. The van der Waals surface area contributed by atoms with E-state index in [0.717, 1.165) is 11.8 Å². The highest BCUT2D eigenvalue weighted by Gasteiger charge is 2.21. The van der Waals surface area contributed by atoms with Crippen LogP contribution in [0.3, 0.4) is 0 Å². The van der Waals surface area contributed by atoms with E-state index in [4.69, 9.17) is 0 Å². The molecule has 152 valence electrons. The van der Waals surface area contributed by atoms with Gasteiger partial charge in [0.25, 0.3) is 0 Å². The Hall–Kier alpha value is -1.55. The highest BCUT2D eigenvalue weighted by atomic mass is 19.1. The Morgan fingerprint density at radius 2 is 1.64 bits per heavy atom. The third-order valence-corrected chi connectivity index (χ3v) is 6.92. The summed E-state index contributed by atoms with van der Waals surface area (Å²) in [6.45, 7) is 2.29. The van der Waals surface area contributed by atoms with Gasteiger partial charge >= 0.3 is 0 Å². The van der Waals surface area contributed by atoms with E-state index in [1.165, 1.54) is 82.6 Å². The van der Waals surface area contributed by atoms with E-state index < -0.39 is 0 Å². The van der Waals surface area contributed by atoms with Crippen molar-refractivity contribution >= 4 is 0 Å². The van der Waals surface area contributed by atoms with Crippen LogP contribution in [0, 0.1) is 35.4 Å². The molecule has 1 heteroatoms. The molecular weight excluding hydrogens is 343 g/mol. The van der Waals surface area contributed by atoms with Gasteiger partial charge in [0.2, 0.25) is 0 Å². The van der Waals surface area contributed by atoms with Gasteiger partial charge in [-0.05, 0) is 92.9 Å². The van der Waals surface area contributed by atoms with Gasteiger partial charge in [0.15, 0.2) is 0 Å². The second kappa shape index (κ2) is 11.5. The first-order chi connectivity index (χ1) is 13.7. The van der Waals surface area contributed by atoms with Gasteiger partial charge in [-0.3, -0.25) is 0 Å². The van der Waals surface area contributed by atoms with Gasteiger partial charge in [-0.15, -0.1) is 0 Å². The quantitative estimate of drug-likeness (QED) is 0.346. The molecule has 1 aromatic rings. The van der Waals surface area contributed by atoms with Crippen LogP contribution in [0.1, 0.15) is 95.5 Å². The van der Waals surface area contributed by atoms with Gasteiger partial charge in [0, 0.05) is 5.92 Å². The molecule has 0 aliphatic heterocycles. The lowest BCUT2D eigenvalue weighted by Crippen LogP contribution is -2.13. The van der Waals surface area contributed by atoms with E-state index in [9.17, 15) is 4.39 Å². The molecule has 0 nitrogen and oxygen atoms in total. The number of benzene rings is 1. The van der Waals surface area contributed by atoms with Crippen molar-refractivity contribution in [1.82, 2.24) is 0 Å². The standard InChI is InChI=1S/C27H37F/c1-2-3-4-7-22-10-12-23(13-11-22)8-5-6-9-24-14-16-25(17-15-24)26-18-20-27(28)21-19-26/h5,8,18-25H,2-4,7,10-17H2,1H3. The fourth-order valence-corrected chi connectivity index (χ4v) is 5.01. The first kappa shape index (κ1) is 21.2. The second-order valence-corrected chi connectivity index (χ2v) is 9.02. The maximum Gasteiger partial charge on any atom is 0.123 e. The van der Waals surface area contributed by atoms with E-state index in [1.54, 1.807) is 12.1 Å². The van der Waals surface area contributed by atoms with Crippen LogP contribution in [-0.4, -0.2) is 0 Å². The number of hydrogen-bond donors (Lipinski definition) is 0. The second-order valence-electron chi connectivity index (χ2n) is 9.02. The van der Waals surface area contributed by atoms with Crippen molar-refractivity contribution in [2.24, 2.45) is 17.8 Å². The summed E-state index contributed by atoms with van der Waals surface area (Å²) in [7, 11) is 0. The molecule has 0 heterocycles. The zero-order chi connectivity index (χ0) is 19.6. The molecule has 0 atom stereocenters. The summed E-state index contributed by atoms with van der Waals surface area (Å²) < 4.78 is 13.1. The summed E-state index contributed by atoms with van der Waals surface area (Å²) in [4.78, 5) is 0. The van der Waals surface area contributed by atoms with Crippen molar-refractivity contribution in [3.8, 4) is 11.8 Å². The van der Waals surface area contributed by atoms with Gasteiger partial charge in [-0.25, -0.2) is 4.39 Å². The molecule has 28 heavy (non-hydrogen) atoms. The highest BCUT2D eigenvalue weighted by Crippen LogP contribution is 2.35. The zero-order valence-electron chi connectivity index (χ0n) is 17.6. The molecular formula is C27H37F. The first-order valence-electron chi connectivity index (χ1n) is 11.7. The van der Waals surface area contributed by atoms with Crippen LogP contribution in [0.2, 0.25) is 0 Å². The van der Waals surface area contributed by atoms with E-state index in [1.807, 2.05) is 12.1 Å². The minimum absolute atomic E-state index is 0.139. The van der Waals surface area contributed by atoms with E-state index >= 15 is 0 Å². The first-order valence-corrected chi connectivity index (χ1v) is 11.7. The molecule has 0 radical (unpaired) electrons. The van der Waals surface area contributed by atoms with Crippen LogP contribution in [0.25, 0.3) is 0 Å². The minimum Gasteiger partial charge on any atom is -0.207 e. The average Bonchev–Trinajstić information content (AvgIpc) is 2.73. The summed E-state index contributed by atoms with van der Waals surface area (Å²) in [5.41, 5.74) is 1.29. The number of hydrogen-bond acceptors (Lipinski definition) is 0. The van der Waals surface area contributed by atoms with Gasteiger partial charge in [-0.2, -0.15) is 0 Å². The Bertz CT molecular complexity index is 644. The molecule has 0 bridgehead atoms. The van der Waals surface area contributed by atoms with Crippen LogP contribution in [0.4, 0.5) is 4.39 Å². The molecule has 0 unspecified atom stereocenters. The smallest absolute Gasteiger partial charge is 0.123 e. The topological polar surface area (TPSA) is 0 Å². The molecule has 0 spiro atoms. The molecule has 1 aromatic carbocycles. The van der Waals surface area contributed by atoms with Crippen molar-refractivity contribution in [2.45, 2.75) is 89.9 Å². The number of unbranched alkanes of at least 4 members (excludes halogenated alkanes) is 2. The van der Waals surface area contributed by atoms with Crippen molar-refractivity contribution in [3.63, 3.8) is 0 Å². The number of allylic oxidation sites excluding steroid dienone is 2.